The molecule has 0 saturated heterocycles. The number of nitrogens with one attached hydrogen (secondary N) is 1. The van der Waals surface area contributed by atoms with Gasteiger partial charge in [-0.3, -0.25) is 0 Å². The third kappa shape index (κ3) is 6.40. The zero-order chi connectivity index (χ0) is 28.5. The van der Waals surface area contributed by atoms with E-state index in [1.165, 1.54) is 31.6 Å². The van der Waals surface area contributed by atoms with Gasteiger partial charge in [-0.25, -0.2) is 23.8 Å². The fraction of sp³-hybridized carbons (Fsp3) is 0.136. The number of rotatable bonds is 7. The lowest BCUT2D eigenvalue weighted by Crippen LogP contribution is -2.13. The molecule has 0 unspecified atom stereocenters. The number of carbonyl (C=O) groups excluding carboxylic acids is 1. The number of benzene rings is 1. The molecule has 4 aromatic rings. The number of alkyl halides is 3. The summed E-state index contributed by atoms with van der Waals surface area (Å²) < 4.78 is 86.4. The molecule has 0 fully saturated rings. The molecule has 0 bridgehead atoms. The Morgan fingerprint density at radius 2 is 1.87 bits per heavy atom. The summed E-state index contributed by atoms with van der Waals surface area (Å²) in [5, 5.41) is 6.10. The quantitative estimate of drug-likeness (QED) is 0.245. The summed E-state index contributed by atoms with van der Waals surface area (Å²) in [7, 11) is -3.02. The van der Waals surface area contributed by atoms with Gasteiger partial charge in [-0.2, -0.15) is 31.7 Å². The zero-order valence-electron chi connectivity index (χ0n) is 19.7. The second-order valence-electron chi connectivity index (χ2n) is 7.68. The lowest BCUT2D eigenvalue weighted by Gasteiger charge is -2.13. The maximum atomic E-state index is 13.5. The van der Waals surface area contributed by atoms with Crippen LogP contribution in [0, 0.1) is 5.82 Å². The number of hydrogen-bond acceptors (Lipinski definition) is 10. The third-order valence-corrected chi connectivity index (χ3v) is 5.59. The van der Waals surface area contributed by atoms with E-state index in [1.807, 2.05) is 0 Å². The molecule has 3 heterocycles. The normalized spacial score (nSPS) is 11.8. The van der Waals surface area contributed by atoms with Gasteiger partial charge < -0.3 is 14.2 Å². The summed E-state index contributed by atoms with van der Waals surface area (Å²) in [5.74, 6) is -2.58. The number of carbonyl (C=O) groups is 1. The zero-order valence-corrected chi connectivity index (χ0v) is 21.3. The molecule has 0 radical (unpaired) electrons. The van der Waals surface area contributed by atoms with Crippen molar-refractivity contribution in [3.8, 4) is 22.8 Å². The summed E-state index contributed by atoms with van der Waals surface area (Å²) in [4.78, 5) is 24.8. The summed E-state index contributed by atoms with van der Waals surface area (Å²) in [5.41, 5.74) is -1.22. The van der Waals surface area contributed by atoms with Gasteiger partial charge in [0.1, 0.15) is 11.4 Å². The first-order chi connectivity index (χ1) is 18.2. The molecule has 39 heavy (non-hydrogen) atoms. The molecule has 4 rings (SSSR count). The highest BCUT2D eigenvalue weighted by Gasteiger charge is 2.34. The Hall–Kier alpha value is -4.31. The Balaban J connectivity index is 1.85. The molecular weight excluding hydrogens is 572 g/mol. The molecule has 1 N–H and O–H groups in total. The molecule has 3 aromatic heterocycles. The van der Waals surface area contributed by atoms with Crippen LogP contribution >= 0.6 is 11.6 Å². The van der Waals surface area contributed by atoms with Crippen molar-refractivity contribution in [1.82, 2.24) is 24.7 Å². The first-order valence-corrected chi connectivity index (χ1v) is 12.6. The van der Waals surface area contributed by atoms with E-state index in [-0.39, 0.29) is 39.5 Å². The van der Waals surface area contributed by atoms with Crippen molar-refractivity contribution in [3.63, 3.8) is 0 Å². The predicted molar refractivity (Wildman–Crippen MR) is 129 cm³/mol. The van der Waals surface area contributed by atoms with Gasteiger partial charge in [-0.05, 0) is 30.3 Å². The number of hydrogen-bond donors (Lipinski definition) is 1. The molecule has 0 aliphatic carbocycles. The van der Waals surface area contributed by atoms with Crippen LogP contribution in [-0.2, 0) is 20.5 Å². The summed E-state index contributed by atoms with van der Waals surface area (Å²) in [6.07, 6.45) is -0.701. The Labute approximate surface area is 222 Å². The van der Waals surface area contributed by atoms with E-state index < -0.39 is 39.3 Å². The molecule has 204 valence electrons. The van der Waals surface area contributed by atoms with Gasteiger partial charge in [0.05, 0.1) is 18.4 Å². The Morgan fingerprint density at radius 1 is 1.13 bits per heavy atom. The monoisotopic (exact) mass is 586 g/mol. The Morgan fingerprint density at radius 3 is 2.49 bits per heavy atom. The second kappa shape index (κ2) is 10.5. The van der Waals surface area contributed by atoms with Gasteiger partial charge in [-0.15, -0.1) is 0 Å². The lowest BCUT2D eigenvalue weighted by molar-refractivity contribution is -0.141. The van der Waals surface area contributed by atoms with Gasteiger partial charge in [0.2, 0.25) is 11.8 Å². The second-order valence-corrected chi connectivity index (χ2v) is 9.67. The van der Waals surface area contributed by atoms with E-state index in [1.54, 1.807) is 0 Å². The molecule has 17 heteroatoms. The van der Waals surface area contributed by atoms with Gasteiger partial charge >= 0.3 is 22.3 Å². The highest BCUT2D eigenvalue weighted by Crippen LogP contribution is 2.32. The van der Waals surface area contributed by atoms with Crippen molar-refractivity contribution in [2.45, 2.75) is 6.18 Å². The van der Waals surface area contributed by atoms with Crippen LogP contribution in [-0.4, -0.2) is 52.5 Å². The van der Waals surface area contributed by atoms with Crippen molar-refractivity contribution in [2.75, 3.05) is 18.7 Å². The topological polar surface area (TPSA) is 138 Å². The average Bonchev–Trinajstić information content (AvgIpc) is 3.36. The lowest BCUT2D eigenvalue weighted by atomic mass is 10.1. The van der Waals surface area contributed by atoms with Crippen LogP contribution in [0.2, 0.25) is 5.02 Å². The van der Waals surface area contributed by atoms with E-state index in [4.69, 9.17) is 16.3 Å². The van der Waals surface area contributed by atoms with Crippen LogP contribution in [0.25, 0.3) is 16.9 Å². The predicted octanol–water partition coefficient (Wildman–Crippen LogP) is 4.40. The number of anilines is 2. The minimum Gasteiger partial charge on any atom is -0.480 e. The fourth-order valence-corrected chi connectivity index (χ4v) is 3.74. The SMILES string of the molecule is COc1ncc(-c2cnc(Nc3ccc(F)c(Cl)c3)nc2-n2ccc(C(F)(F)F)n2)cc1C(=O)OS(C)(=O)=O. The van der Waals surface area contributed by atoms with Gasteiger partial charge in [-0.1, -0.05) is 11.6 Å². The number of halogens is 5. The number of ether oxygens (including phenoxy) is 1. The van der Waals surface area contributed by atoms with E-state index in [0.29, 0.717) is 6.26 Å². The van der Waals surface area contributed by atoms with Crippen molar-refractivity contribution >= 4 is 39.3 Å². The Bertz CT molecular complexity index is 1680. The molecule has 0 aliphatic rings. The molecule has 0 spiro atoms. The van der Waals surface area contributed by atoms with Crippen LogP contribution in [0.1, 0.15) is 16.1 Å². The first-order valence-electron chi connectivity index (χ1n) is 10.5. The minimum absolute atomic E-state index is 0.0399. The van der Waals surface area contributed by atoms with E-state index >= 15 is 0 Å². The van der Waals surface area contributed by atoms with Crippen molar-refractivity contribution in [2.24, 2.45) is 0 Å². The number of methoxy groups -OCH3 is 1. The van der Waals surface area contributed by atoms with Crippen molar-refractivity contribution < 1.29 is 39.7 Å². The Kier molecular flexibility index (Phi) is 7.43. The largest absolute Gasteiger partial charge is 0.480 e. The summed E-state index contributed by atoms with van der Waals surface area (Å²) in [6, 6.07) is 5.53. The molecular formula is C22H15ClF4N6O5S. The van der Waals surface area contributed by atoms with Crippen molar-refractivity contribution in [1.29, 1.82) is 0 Å². The van der Waals surface area contributed by atoms with Crippen LogP contribution in [0.15, 0.2) is 48.9 Å². The van der Waals surface area contributed by atoms with Gasteiger partial charge in [0.15, 0.2) is 11.5 Å². The van der Waals surface area contributed by atoms with Crippen LogP contribution in [0.3, 0.4) is 0 Å². The average molecular weight is 587 g/mol. The molecule has 0 saturated carbocycles. The van der Waals surface area contributed by atoms with Gasteiger partial charge in [0, 0.05) is 35.4 Å². The number of nitrogens with zero attached hydrogens (tertiary/aromatic N) is 5. The fourth-order valence-electron chi connectivity index (χ4n) is 3.20. The summed E-state index contributed by atoms with van der Waals surface area (Å²) >= 11 is 5.79. The first kappa shape index (κ1) is 27.7. The van der Waals surface area contributed by atoms with Crippen LogP contribution < -0.4 is 10.1 Å². The minimum atomic E-state index is -4.76. The number of aromatic nitrogens is 5. The maximum Gasteiger partial charge on any atom is 0.435 e. The maximum absolute atomic E-state index is 13.5. The van der Waals surface area contributed by atoms with E-state index in [9.17, 15) is 30.8 Å². The molecule has 0 amide bonds. The van der Waals surface area contributed by atoms with Crippen LogP contribution in [0.4, 0.5) is 29.2 Å². The third-order valence-electron chi connectivity index (χ3n) is 4.84. The molecule has 11 nitrogen and oxygen atoms in total. The highest BCUT2D eigenvalue weighted by atomic mass is 35.5. The molecule has 0 atom stereocenters. The summed E-state index contributed by atoms with van der Waals surface area (Å²) in [6.45, 7) is 0. The molecule has 1 aromatic carbocycles. The van der Waals surface area contributed by atoms with Crippen molar-refractivity contribution in [3.05, 3.63) is 71.0 Å². The van der Waals surface area contributed by atoms with Crippen LogP contribution in [0.5, 0.6) is 5.88 Å². The van der Waals surface area contributed by atoms with E-state index in [0.717, 1.165) is 29.1 Å². The van der Waals surface area contributed by atoms with E-state index in [2.05, 4.69) is 29.6 Å². The smallest absolute Gasteiger partial charge is 0.435 e. The standard InChI is InChI=1S/C22H15ClF4N6O5S/c1-37-19-13(20(34)38-39(2,35)36)7-11(9-28-19)14-10-29-21(30-12-3-4-16(24)15(23)8-12)31-18(14)33-6-5-17(32-33)22(25,26)27/h3-10H,1-2H3,(H,29,30,31). The van der Waals surface area contributed by atoms with Gasteiger partial charge in [0.25, 0.3) is 0 Å². The number of pyridine rings is 1. The molecule has 0 aliphatic heterocycles. The highest BCUT2D eigenvalue weighted by molar-refractivity contribution is 7.86.